The Hall–Kier alpha value is -2.75. The van der Waals surface area contributed by atoms with Crippen LogP contribution in [0.5, 0.6) is 0 Å². The average Bonchev–Trinajstić information content (AvgIpc) is 2.55. The highest BCUT2D eigenvalue weighted by atomic mass is 16.1. The van der Waals surface area contributed by atoms with Crippen molar-refractivity contribution in [2.24, 2.45) is 0 Å². The molecule has 0 aliphatic rings. The molecule has 1 amide bonds. The van der Waals surface area contributed by atoms with Gasteiger partial charge < -0.3 is 5.32 Å². The van der Waals surface area contributed by atoms with E-state index in [-0.39, 0.29) is 5.91 Å². The van der Waals surface area contributed by atoms with E-state index in [0.29, 0.717) is 11.3 Å². The Morgan fingerprint density at radius 1 is 1.22 bits per heavy atom. The molecular formula is C19H19N3O. The lowest BCUT2D eigenvalue weighted by atomic mass is 10.0. The number of hydrogen-bond acceptors (Lipinski definition) is 3. The topological polar surface area (TPSA) is 54.9 Å². The third-order valence-corrected chi connectivity index (χ3v) is 4.03. The second kappa shape index (κ2) is 6.16. The molecule has 3 aromatic rings. The van der Waals surface area contributed by atoms with Gasteiger partial charge in [0.25, 0.3) is 5.91 Å². The number of anilines is 1. The molecule has 0 saturated carbocycles. The maximum absolute atomic E-state index is 12.7. The SMILES string of the molecule is CCc1cccc(C)c1NC(=O)c1cc2cnccc2nc1C. The van der Waals surface area contributed by atoms with Gasteiger partial charge in [-0.1, -0.05) is 25.1 Å². The minimum Gasteiger partial charge on any atom is -0.321 e. The zero-order chi connectivity index (χ0) is 16.4. The van der Waals surface area contributed by atoms with E-state index in [2.05, 4.69) is 22.2 Å². The van der Waals surface area contributed by atoms with Crippen molar-refractivity contribution in [1.29, 1.82) is 0 Å². The molecule has 0 atom stereocenters. The molecule has 1 aromatic carbocycles. The summed E-state index contributed by atoms with van der Waals surface area (Å²) in [5.74, 6) is -0.134. The number of benzene rings is 1. The quantitative estimate of drug-likeness (QED) is 0.794. The fourth-order valence-electron chi connectivity index (χ4n) is 2.73. The van der Waals surface area contributed by atoms with Gasteiger partial charge in [-0.3, -0.25) is 14.8 Å². The smallest absolute Gasteiger partial charge is 0.257 e. The van der Waals surface area contributed by atoms with Gasteiger partial charge in [0.1, 0.15) is 0 Å². The van der Waals surface area contributed by atoms with Gasteiger partial charge in [0.05, 0.1) is 16.8 Å². The number of aromatic nitrogens is 2. The highest BCUT2D eigenvalue weighted by molar-refractivity contribution is 6.07. The van der Waals surface area contributed by atoms with Crippen molar-refractivity contribution in [2.45, 2.75) is 27.2 Å². The first kappa shape index (κ1) is 15.2. The van der Waals surface area contributed by atoms with Crippen molar-refractivity contribution in [1.82, 2.24) is 9.97 Å². The van der Waals surface area contributed by atoms with Crippen molar-refractivity contribution in [2.75, 3.05) is 5.32 Å². The zero-order valence-corrected chi connectivity index (χ0v) is 13.6. The number of pyridine rings is 2. The summed E-state index contributed by atoms with van der Waals surface area (Å²) in [4.78, 5) is 21.3. The molecule has 2 aromatic heterocycles. The van der Waals surface area contributed by atoms with Gasteiger partial charge in [0.15, 0.2) is 0 Å². The Kier molecular flexibility index (Phi) is 4.06. The van der Waals surface area contributed by atoms with Crippen LogP contribution in [0.4, 0.5) is 5.69 Å². The third kappa shape index (κ3) is 2.93. The van der Waals surface area contributed by atoms with Crippen molar-refractivity contribution < 1.29 is 4.79 Å². The van der Waals surface area contributed by atoms with Gasteiger partial charge in [-0.25, -0.2) is 0 Å². The summed E-state index contributed by atoms with van der Waals surface area (Å²) >= 11 is 0. The molecule has 4 heteroatoms. The van der Waals surface area contributed by atoms with Crippen LogP contribution in [0, 0.1) is 13.8 Å². The molecule has 116 valence electrons. The van der Waals surface area contributed by atoms with E-state index >= 15 is 0 Å². The highest BCUT2D eigenvalue weighted by Gasteiger charge is 2.14. The predicted molar refractivity (Wildman–Crippen MR) is 92.8 cm³/mol. The number of carbonyl (C=O) groups excluding carboxylic acids is 1. The molecule has 0 aliphatic heterocycles. The molecule has 0 unspecified atom stereocenters. The summed E-state index contributed by atoms with van der Waals surface area (Å²) in [7, 11) is 0. The normalized spacial score (nSPS) is 10.7. The van der Waals surface area contributed by atoms with Gasteiger partial charge in [0.2, 0.25) is 0 Å². The second-order valence-electron chi connectivity index (χ2n) is 5.61. The van der Waals surface area contributed by atoms with Gasteiger partial charge >= 0.3 is 0 Å². The van der Waals surface area contributed by atoms with Crippen molar-refractivity contribution in [3.63, 3.8) is 0 Å². The molecular weight excluding hydrogens is 286 g/mol. The molecule has 1 N–H and O–H groups in total. The molecule has 0 spiro atoms. The van der Waals surface area contributed by atoms with Crippen LogP contribution in [0.1, 0.15) is 34.1 Å². The lowest BCUT2D eigenvalue weighted by Crippen LogP contribution is -2.16. The molecule has 0 radical (unpaired) electrons. The molecule has 23 heavy (non-hydrogen) atoms. The van der Waals surface area contributed by atoms with E-state index < -0.39 is 0 Å². The Morgan fingerprint density at radius 2 is 2.04 bits per heavy atom. The van der Waals surface area contributed by atoms with Crippen LogP contribution in [0.25, 0.3) is 10.9 Å². The summed E-state index contributed by atoms with van der Waals surface area (Å²) in [6, 6.07) is 9.75. The van der Waals surface area contributed by atoms with Crippen LogP contribution in [0.2, 0.25) is 0 Å². The van der Waals surface area contributed by atoms with Crippen molar-refractivity contribution in [3.8, 4) is 0 Å². The van der Waals surface area contributed by atoms with Crippen LogP contribution in [0.15, 0.2) is 42.7 Å². The van der Waals surface area contributed by atoms with E-state index in [0.717, 1.165) is 34.1 Å². The number of aryl methyl sites for hydroxylation is 3. The lowest BCUT2D eigenvalue weighted by molar-refractivity contribution is 0.102. The Balaban J connectivity index is 2.00. The molecule has 0 bridgehead atoms. The standard InChI is InChI=1S/C19H19N3O/c1-4-14-7-5-6-12(2)18(14)22-19(23)16-10-15-11-20-9-8-17(15)21-13(16)3/h5-11H,4H2,1-3H3,(H,22,23). The second-order valence-corrected chi connectivity index (χ2v) is 5.61. The predicted octanol–water partition coefficient (Wildman–Crippen LogP) is 4.06. The Bertz CT molecular complexity index is 887. The number of hydrogen-bond donors (Lipinski definition) is 1. The Labute approximate surface area is 135 Å². The van der Waals surface area contributed by atoms with E-state index in [1.807, 2.05) is 44.2 Å². The van der Waals surface area contributed by atoms with Crippen LogP contribution in [-0.4, -0.2) is 15.9 Å². The summed E-state index contributed by atoms with van der Waals surface area (Å²) in [5, 5.41) is 3.92. The molecule has 0 saturated heterocycles. The van der Waals surface area contributed by atoms with Crippen LogP contribution < -0.4 is 5.32 Å². The number of rotatable bonds is 3. The molecule has 4 nitrogen and oxygen atoms in total. The average molecular weight is 305 g/mol. The van der Waals surface area contributed by atoms with E-state index in [4.69, 9.17) is 0 Å². The van der Waals surface area contributed by atoms with Crippen LogP contribution >= 0.6 is 0 Å². The largest absolute Gasteiger partial charge is 0.321 e. The van der Waals surface area contributed by atoms with Crippen LogP contribution in [-0.2, 0) is 6.42 Å². The molecule has 0 aliphatic carbocycles. The minimum atomic E-state index is -0.134. The molecule has 0 fully saturated rings. The first-order valence-corrected chi connectivity index (χ1v) is 7.71. The van der Waals surface area contributed by atoms with Crippen LogP contribution in [0.3, 0.4) is 0 Å². The monoisotopic (exact) mass is 305 g/mol. The van der Waals surface area contributed by atoms with E-state index in [1.54, 1.807) is 12.4 Å². The van der Waals surface area contributed by atoms with Crippen molar-refractivity contribution >= 4 is 22.5 Å². The summed E-state index contributed by atoms with van der Waals surface area (Å²) in [5.41, 5.74) is 5.23. The first-order chi connectivity index (χ1) is 11.1. The fraction of sp³-hybridized carbons (Fsp3) is 0.211. The highest BCUT2D eigenvalue weighted by Crippen LogP contribution is 2.23. The molecule has 2 heterocycles. The van der Waals surface area contributed by atoms with E-state index in [9.17, 15) is 4.79 Å². The number of amides is 1. The Morgan fingerprint density at radius 3 is 2.83 bits per heavy atom. The van der Waals surface area contributed by atoms with Gasteiger partial charge in [-0.05, 0) is 43.5 Å². The van der Waals surface area contributed by atoms with Gasteiger partial charge in [-0.2, -0.15) is 0 Å². The number of carbonyl (C=O) groups is 1. The number of fused-ring (bicyclic) bond motifs is 1. The molecule has 3 rings (SSSR count). The van der Waals surface area contributed by atoms with Gasteiger partial charge in [0, 0.05) is 23.5 Å². The number of nitrogens with one attached hydrogen (secondary N) is 1. The number of nitrogens with zero attached hydrogens (tertiary/aromatic N) is 2. The maximum Gasteiger partial charge on any atom is 0.257 e. The van der Waals surface area contributed by atoms with E-state index in [1.165, 1.54) is 0 Å². The minimum absolute atomic E-state index is 0.134. The zero-order valence-electron chi connectivity index (χ0n) is 13.6. The maximum atomic E-state index is 12.7. The summed E-state index contributed by atoms with van der Waals surface area (Å²) in [6.07, 6.45) is 4.30. The number of para-hydroxylation sites is 1. The van der Waals surface area contributed by atoms with Gasteiger partial charge in [-0.15, -0.1) is 0 Å². The first-order valence-electron chi connectivity index (χ1n) is 7.71. The summed E-state index contributed by atoms with van der Waals surface area (Å²) in [6.45, 7) is 5.94. The summed E-state index contributed by atoms with van der Waals surface area (Å²) < 4.78 is 0. The third-order valence-electron chi connectivity index (χ3n) is 4.03. The fourth-order valence-corrected chi connectivity index (χ4v) is 2.73. The van der Waals surface area contributed by atoms with Crippen molar-refractivity contribution in [3.05, 3.63) is 65.1 Å². The lowest BCUT2D eigenvalue weighted by Gasteiger charge is -2.14.